The molecule has 0 aliphatic rings. The molecule has 1 rings (SSSR count). The molecule has 1 aromatic carbocycles. The molecule has 0 saturated heterocycles. The van der Waals surface area contributed by atoms with Gasteiger partial charge in [-0.25, -0.2) is 0 Å². The lowest BCUT2D eigenvalue weighted by Crippen LogP contribution is -2.22. The molecular weight excluding hydrogens is 230 g/mol. The maximum atomic E-state index is 3.42. The molecule has 19 heavy (non-hydrogen) atoms. The van der Waals surface area contributed by atoms with Gasteiger partial charge < -0.3 is 5.32 Å². The average Bonchev–Trinajstić information content (AvgIpc) is 2.39. The molecule has 0 amide bonds. The maximum absolute atomic E-state index is 3.42. The molecule has 0 aliphatic heterocycles. The average molecular weight is 261 g/mol. The monoisotopic (exact) mass is 261 g/mol. The lowest BCUT2D eigenvalue weighted by atomic mass is 9.83. The highest BCUT2D eigenvalue weighted by Crippen LogP contribution is 2.26. The highest BCUT2D eigenvalue weighted by atomic mass is 14.8. The van der Waals surface area contributed by atoms with Crippen molar-refractivity contribution in [1.29, 1.82) is 0 Å². The van der Waals surface area contributed by atoms with Crippen molar-refractivity contribution in [2.45, 2.75) is 59.8 Å². The van der Waals surface area contributed by atoms with Gasteiger partial charge >= 0.3 is 0 Å². The fraction of sp³-hybridized carbons (Fsp3) is 0.667. The van der Waals surface area contributed by atoms with Crippen LogP contribution in [-0.2, 0) is 12.8 Å². The molecule has 0 unspecified atom stereocenters. The molecule has 0 atom stereocenters. The lowest BCUT2D eigenvalue weighted by Gasteiger charge is -2.24. The van der Waals surface area contributed by atoms with Gasteiger partial charge in [0.1, 0.15) is 0 Å². The summed E-state index contributed by atoms with van der Waals surface area (Å²) in [5, 5.41) is 3.42. The van der Waals surface area contributed by atoms with Crippen LogP contribution in [0.5, 0.6) is 0 Å². The molecule has 1 N–H and O–H groups in total. The normalized spacial score (nSPS) is 11.8. The van der Waals surface area contributed by atoms with Crippen LogP contribution in [0.1, 0.15) is 58.1 Å². The molecule has 0 heterocycles. The quantitative estimate of drug-likeness (QED) is 0.641. The van der Waals surface area contributed by atoms with Crippen LogP contribution in [-0.4, -0.2) is 13.1 Å². The molecule has 1 nitrogen and oxygen atoms in total. The first-order valence-corrected chi connectivity index (χ1v) is 7.86. The van der Waals surface area contributed by atoms with Gasteiger partial charge in [-0.05, 0) is 55.3 Å². The zero-order valence-electron chi connectivity index (χ0n) is 13.3. The molecule has 0 radical (unpaired) electrons. The minimum Gasteiger partial charge on any atom is -0.317 e. The molecule has 0 aromatic heterocycles. The largest absolute Gasteiger partial charge is 0.317 e. The van der Waals surface area contributed by atoms with E-state index in [-0.39, 0.29) is 0 Å². The first-order chi connectivity index (χ1) is 9.07. The number of nitrogens with one attached hydrogen (secondary N) is 1. The SMILES string of the molecule is CCCc1ccc(CCC(C)(C)CCNCC)cc1. The van der Waals surface area contributed by atoms with Crippen molar-refractivity contribution >= 4 is 0 Å². The van der Waals surface area contributed by atoms with Gasteiger partial charge in [-0.2, -0.15) is 0 Å². The summed E-state index contributed by atoms with van der Waals surface area (Å²) >= 11 is 0. The number of benzene rings is 1. The van der Waals surface area contributed by atoms with Crippen LogP contribution >= 0.6 is 0 Å². The molecule has 0 aliphatic carbocycles. The number of aryl methyl sites for hydroxylation is 2. The third kappa shape index (κ3) is 6.77. The topological polar surface area (TPSA) is 12.0 Å². The Kier molecular flexibility index (Phi) is 7.15. The van der Waals surface area contributed by atoms with Gasteiger partial charge in [0.05, 0.1) is 0 Å². The van der Waals surface area contributed by atoms with Gasteiger partial charge in [0.25, 0.3) is 0 Å². The summed E-state index contributed by atoms with van der Waals surface area (Å²) in [5.74, 6) is 0. The van der Waals surface area contributed by atoms with Crippen LogP contribution in [0.25, 0.3) is 0 Å². The fourth-order valence-corrected chi connectivity index (χ4v) is 2.37. The van der Waals surface area contributed by atoms with Gasteiger partial charge in [-0.3, -0.25) is 0 Å². The van der Waals surface area contributed by atoms with Crippen molar-refractivity contribution in [3.05, 3.63) is 35.4 Å². The van der Waals surface area contributed by atoms with E-state index in [2.05, 4.69) is 57.3 Å². The Balaban J connectivity index is 2.38. The summed E-state index contributed by atoms with van der Waals surface area (Å²) in [6.07, 6.45) is 6.16. The van der Waals surface area contributed by atoms with E-state index >= 15 is 0 Å². The summed E-state index contributed by atoms with van der Waals surface area (Å²) < 4.78 is 0. The van der Waals surface area contributed by atoms with E-state index in [0.717, 1.165) is 13.1 Å². The van der Waals surface area contributed by atoms with E-state index < -0.39 is 0 Å². The first-order valence-electron chi connectivity index (χ1n) is 7.86. The Morgan fingerprint density at radius 3 is 2.00 bits per heavy atom. The van der Waals surface area contributed by atoms with Crippen LogP contribution in [0.2, 0.25) is 0 Å². The predicted molar refractivity (Wildman–Crippen MR) is 85.7 cm³/mol. The van der Waals surface area contributed by atoms with Gasteiger partial charge in [0.15, 0.2) is 0 Å². The Morgan fingerprint density at radius 2 is 1.47 bits per heavy atom. The molecule has 0 bridgehead atoms. The van der Waals surface area contributed by atoms with Crippen molar-refractivity contribution in [2.75, 3.05) is 13.1 Å². The second-order valence-electron chi connectivity index (χ2n) is 6.33. The minimum atomic E-state index is 0.435. The second kappa shape index (κ2) is 8.37. The van der Waals surface area contributed by atoms with Gasteiger partial charge in [0.2, 0.25) is 0 Å². The predicted octanol–water partition coefficient (Wildman–Crippen LogP) is 4.60. The van der Waals surface area contributed by atoms with Gasteiger partial charge in [0, 0.05) is 0 Å². The van der Waals surface area contributed by atoms with Crippen LogP contribution in [0.3, 0.4) is 0 Å². The summed E-state index contributed by atoms with van der Waals surface area (Å²) in [6, 6.07) is 9.21. The van der Waals surface area contributed by atoms with E-state index in [0.29, 0.717) is 5.41 Å². The van der Waals surface area contributed by atoms with E-state index in [4.69, 9.17) is 0 Å². The maximum Gasteiger partial charge on any atom is -0.00439 e. The molecule has 1 heteroatoms. The zero-order chi connectivity index (χ0) is 14.1. The molecule has 1 aromatic rings. The third-order valence-corrected chi connectivity index (χ3v) is 3.88. The van der Waals surface area contributed by atoms with Crippen molar-refractivity contribution in [3.63, 3.8) is 0 Å². The Morgan fingerprint density at radius 1 is 0.895 bits per heavy atom. The van der Waals surface area contributed by atoms with E-state index in [1.807, 2.05) is 0 Å². The fourth-order valence-electron chi connectivity index (χ4n) is 2.37. The summed E-state index contributed by atoms with van der Waals surface area (Å²) in [4.78, 5) is 0. The number of rotatable bonds is 9. The van der Waals surface area contributed by atoms with Crippen molar-refractivity contribution in [1.82, 2.24) is 5.32 Å². The highest BCUT2D eigenvalue weighted by molar-refractivity contribution is 5.22. The summed E-state index contributed by atoms with van der Waals surface area (Å²) in [7, 11) is 0. The van der Waals surface area contributed by atoms with Gasteiger partial charge in [-0.1, -0.05) is 58.4 Å². The zero-order valence-corrected chi connectivity index (χ0v) is 13.3. The van der Waals surface area contributed by atoms with Crippen molar-refractivity contribution in [3.8, 4) is 0 Å². The van der Waals surface area contributed by atoms with E-state index in [9.17, 15) is 0 Å². The lowest BCUT2D eigenvalue weighted by molar-refractivity contribution is 0.303. The third-order valence-electron chi connectivity index (χ3n) is 3.88. The second-order valence-corrected chi connectivity index (χ2v) is 6.33. The van der Waals surface area contributed by atoms with Crippen LogP contribution in [0.4, 0.5) is 0 Å². The summed E-state index contributed by atoms with van der Waals surface area (Å²) in [6.45, 7) is 11.4. The van der Waals surface area contributed by atoms with Crippen molar-refractivity contribution < 1.29 is 0 Å². The number of hydrogen-bond acceptors (Lipinski definition) is 1. The minimum absolute atomic E-state index is 0.435. The number of hydrogen-bond donors (Lipinski definition) is 1. The molecular formula is C18H31N. The highest BCUT2D eigenvalue weighted by Gasteiger charge is 2.16. The van der Waals surface area contributed by atoms with E-state index in [1.165, 1.54) is 43.2 Å². The first kappa shape index (κ1) is 16.2. The van der Waals surface area contributed by atoms with Crippen LogP contribution < -0.4 is 5.32 Å². The molecule has 108 valence electrons. The Labute approximate surface area is 119 Å². The van der Waals surface area contributed by atoms with E-state index in [1.54, 1.807) is 0 Å². The standard InChI is InChI=1S/C18H31N/c1-5-7-16-8-10-17(11-9-16)12-13-18(3,4)14-15-19-6-2/h8-11,19H,5-7,12-15H2,1-4H3. The van der Waals surface area contributed by atoms with Gasteiger partial charge in [-0.15, -0.1) is 0 Å². The molecule has 0 saturated carbocycles. The van der Waals surface area contributed by atoms with Crippen LogP contribution in [0.15, 0.2) is 24.3 Å². The summed E-state index contributed by atoms with van der Waals surface area (Å²) in [5.41, 5.74) is 3.39. The molecule has 0 spiro atoms. The van der Waals surface area contributed by atoms with Crippen LogP contribution in [0, 0.1) is 5.41 Å². The van der Waals surface area contributed by atoms with Crippen molar-refractivity contribution in [2.24, 2.45) is 5.41 Å². The molecule has 0 fully saturated rings. The Bertz CT molecular complexity index is 337. The Hall–Kier alpha value is -0.820. The smallest absolute Gasteiger partial charge is 0.00439 e.